The van der Waals surface area contributed by atoms with Gasteiger partial charge in [-0.1, -0.05) is 39.2 Å². The van der Waals surface area contributed by atoms with E-state index in [9.17, 15) is 4.79 Å². The van der Waals surface area contributed by atoms with E-state index in [1.54, 1.807) is 0 Å². The molecule has 31 heavy (non-hydrogen) atoms. The average molecular weight is 453 g/mol. The summed E-state index contributed by atoms with van der Waals surface area (Å²) in [6.45, 7) is 7.97. The number of likely N-dealkylation sites (N-methyl/N-ethyl adjacent to an activating group) is 1. The highest BCUT2D eigenvalue weighted by molar-refractivity contribution is 6.99. The van der Waals surface area contributed by atoms with Crippen molar-refractivity contribution in [3.05, 3.63) is 11.8 Å². The number of carbonyl (C=O) groups excluding carboxylic acids is 1. The summed E-state index contributed by atoms with van der Waals surface area (Å²) in [6.07, 6.45) is 9.97. The van der Waals surface area contributed by atoms with Crippen LogP contribution >= 0.6 is 11.7 Å². The minimum atomic E-state index is -0.163. The maximum atomic E-state index is 12.8. The number of unbranched alkanes of at least 4 members (excludes halogenated alkanes) is 3. The van der Waals surface area contributed by atoms with E-state index in [2.05, 4.69) is 35.7 Å². The van der Waals surface area contributed by atoms with Crippen LogP contribution in [0.5, 0.6) is 5.88 Å². The molecule has 1 aromatic rings. The van der Waals surface area contributed by atoms with Gasteiger partial charge >= 0.3 is 5.97 Å². The Labute approximate surface area is 190 Å². The molecule has 0 radical (unpaired) electrons. The monoisotopic (exact) mass is 452 g/mol. The zero-order valence-corrected chi connectivity index (χ0v) is 20.1. The summed E-state index contributed by atoms with van der Waals surface area (Å²) < 4.78 is 27.0. The van der Waals surface area contributed by atoms with Gasteiger partial charge in [-0.25, -0.2) is 0 Å². The topological polar surface area (TPSA) is 70.5 Å². The molecule has 0 N–H and O–H groups in total. The molecule has 0 amide bonds. The maximum Gasteiger partial charge on any atom is 0.313 e. The van der Waals surface area contributed by atoms with Gasteiger partial charge in [0, 0.05) is 31.6 Å². The normalized spacial score (nSPS) is 23.3. The minimum absolute atomic E-state index is 0.0374. The second kappa shape index (κ2) is 11.9. The Kier molecular flexibility index (Phi) is 9.29. The van der Waals surface area contributed by atoms with E-state index in [-0.39, 0.29) is 18.1 Å². The van der Waals surface area contributed by atoms with Crippen molar-refractivity contribution >= 4 is 23.3 Å². The number of quaternary nitrogens is 1. The molecule has 0 spiro atoms. The molecule has 1 saturated heterocycles. The molecule has 0 aliphatic carbocycles. The standard InChI is InChI=1S/C23H38N3O4S/c1-4-6-7-8-14-29-22-21(24-31-25-22)19-10-9-13-26(3,17-19)20(5-2)30-23(27)18-11-15-28-16-12-18/h10,18,20H,4-9,11-17H2,1-3H3/q+1. The Hall–Kier alpha value is -1.51. The number of hydrogen-bond donors (Lipinski definition) is 0. The number of rotatable bonds is 11. The second-order valence-electron chi connectivity index (χ2n) is 8.89. The first-order valence-corrected chi connectivity index (χ1v) is 12.6. The van der Waals surface area contributed by atoms with E-state index >= 15 is 0 Å². The third-order valence-corrected chi connectivity index (χ3v) is 6.92. The summed E-state index contributed by atoms with van der Waals surface area (Å²) in [4.78, 5) is 12.8. The Balaban J connectivity index is 1.62. The molecule has 0 bridgehead atoms. The van der Waals surface area contributed by atoms with Crippen molar-refractivity contribution in [3.63, 3.8) is 0 Å². The molecule has 2 unspecified atom stereocenters. The van der Waals surface area contributed by atoms with Gasteiger partial charge in [0.25, 0.3) is 5.88 Å². The van der Waals surface area contributed by atoms with Crippen LogP contribution in [0.3, 0.4) is 0 Å². The highest BCUT2D eigenvalue weighted by Gasteiger charge is 2.39. The van der Waals surface area contributed by atoms with Gasteiger partial charge in [0.05, 0.1) is 37.8 Å². The van der Waals surface area contributed by atoms with Crippen molar-refractivity contribution < 1.29 is 23.5 Å². The third-order valence-electron chi connectivity index (χ3n) is 6.41. The summed E-state index contributed by atoms with van der Waals surface area (Å²) in [7, 11) is 2.18. The number of carbonyl (C=O) groups is 1. The number of hydrogen-bond acceptors (Lipinski definition) is 7. The SMILES string of the molecule is CCCCCCOc1nsnc1C1=CCC[N+](C)(C(CC)OC(=O)C2CCOCC2)C1. The van der Waals surface area contributed by atoms with Crippen LogP contribution < -0.4 is 4.74 Å². The Bertz CT molecular complexity index is 732. The zero-order chi connectivity index (χ0) is 22.1. The number of aromatic nitrogens is 2. The van der Waals surface area contributed by atoms with E-state index < -0.39 is 0 Å². The molecule has 3 heterocycles. The van der Waals surface area contributed by atoms with Crippen molar-refractivity contribution in [1.82, 2.24) is 8.75 Å². The summed E-state index contributed by atoms with van der Waals surface area (Å²) in [5, 5.41) is 0. The first kappa shape index (κ1) is 24.1. The molecule has 7 nitrogen and oxygen atoms in total. The fourth-order valence-electron chi connectivity index (χ4n) is 4.47. The second-order valence-corrected chi connectivity index (χ2v) is 9.42. The van der Waals surface area contributed by atoms with Gasteiger partial charge < -0.3 is 14.2 Å². The summed E-state index contributed by atoms with van der Waals surface area (Å²) in [5.41, 5.74) is 2.00. The predicted molar refractivity (Wildman–Crippen MR) is 122 cm³/mol. The van der Waals surface area contributed by atoms with Crippen LogP contribution in [0.1, 0.15) is 70.9 Å². The molecule has 2 aliphatic rings. The molecule has 3 rings (SSSR count). The van der Waals surface area contributed by atoms with Crippen molar-refractivity contribution in [2.75, 3.05) is 40.0 Å². The van der Waals surface area contributed by atoms with E-state index in [1.165, 1.54) is 31.0 Å². The van der Waals surface area contributed by atoms with Gasteiger partial charge in [-0.3, -0.25) is 9.28 Å². The fraction of sp³-hybridized carbons (Fsp3) is 0.783. The summed E-state index contributed by atoms with van der Waals surface area (Å²) in [6, 6.07) is 0. The van der Waals surface area contributed by atoms with Crippen LogP contribution in [0, 0.1) is 5.92 Å². The number of nitrogens with zero attached hydrogens (tertiary/aromatic N) is 3. The first-order chi connectivity index (χ1) is 15.1. The van der Waals surface area contributed by atoms with Crippen LogP contribution in [-0.4, -0.2) is 65.4 Å². The highest BCUT2D eigenvalue weighted by Crippen LogP contribution is 2.33. The molecular weight excluding hydrogens is 414 g/mol. The third kappa shape index (κ3) is 6.49. The molecule has 2 atom stereocenters. The summed E-state index contributed by atoms with van der Waals surface area (Å²) in [5.74, 6) is 0.537. The Morgan fingerprint density at radius 3 is 2.81 bits per heavy atom. The lowest BCUT2D eigenvalue weighted by Gasteiger charge is -2.42. The van der Waals surface area contributed by atoms with Gasteiger partial charge in [0.15, 0.2) is 0 Å². The molecule has 1 aromatic heterocycles. The highest BCUT2D eigenvalue weighted by atomic mass is 32.1. The molecule has 2 aliphatic heterocycles. The lowest BCUT2D eigenvalue weighted by molar-refractivity contribution is -0.947. The molecular formula is C23H38N3O4S+. The van der Waals surface area contributed by atoms with Gasteiger partial charge in [-0.2, -0.15) is 4.37 Å². The van der Waals surface area contributed by atoms with E-state index in [1.807, 2.05) is 0 Å². The fourth-order valence-corrected chi connectivity index (χ4v) is 5.00. The van der Waals surface area contributed by atoms with E-state index in [0.717, 1.165) is 56.5 Å². The zero-order valence-electron chi connectivity index (χ0n) is 19.3. The smallest absolute Gasteiger partial charge is 0.313 e. The van der Waals surface area contributed by atoms with Crippen molar-refractivity contribution in [3.8, 4) is 5.88 Å². The lowest BCUT2D eigenvalue weighted by Crippen LogP contribution is -2.56. The maximum absolute atomic E-state index is 12.8. The van der Waals surface area contributed by atoms with Crippen LogP contribution in [0.4, 0.5) is 0 Å². The van der Waals surface area contributed by atoms with Gasteiger partial charge in [-0.15, -0.1) is 4.37 Å². The van der Waals surface area contributed by atoms with E-state index in [4.69, 9.17) is 14.2 Å². The largest absolute Gasteiger partial charge is 0.475 e. The summed E-state index contributed by atoms with van der Waals surface area (Å²) >= 11 is 1.20. The predicted octanol–water partition coefficient (Wildman–Crippen LogP) is 4.44. The van der Waals surface area contributed by atoms with Crippen LogP contribution in [0.25, 0.3) is 5.57 Å². The van der Waals surface area contributed by atoms with E-state index in [0.29, 0.717) is 30.2 Å². The quantitative estimate of drug-likeness (QED) is 0.281. The van der Waals surface area contributed by atoms with Gasteiger partial charge in [0.1, 0.15) is 12.2 Å². The minimum Gasteiger partial charge on any atom is -0.475 e. The van der Waals surface area contributed by atoms with Crippen molar-refractivity contribution in [2.24, 2.45) is 5.92 Å². The van der Waals surface area contributed by atoms with Crippen LogP contribution in [0.15, 0.2) is 6.08 Å². The van der Waals surface area contributed by atoms with Gasteiger partial charge in [0.2, 0.25) is 6.23 Å². The Morgan fingerprint density at radius 2 is 2.06 bits per heavy atom. The number of esters is 1. The average Bonchev–Trinajstić information content (AvgIpc) is 3.26. The van der Waals surface area contributed by atoms with Crippen molar-refractivity contribution in [1.29, 1.82) is 0 Å². The molecule has 1 fully saturated rings. The molecule has 0 saturated carbocycles. The van der Waals surface area contributed by atoms with Crippen molar-refractivity contribution in [2.45, 2.75) is 71.4 Å². The number of ether oxygens (including phenoxy) is 3. The first-order valence-electron chi connectivity index (χ1n) is 11.8. The van der Waals surface area contributed by atoms with Crippen LogP contribution in [-0.2, 0) is 14.3 Å². The molecule has 8 heteroatoms. The van der Waals surface area contributed by atoms with Gasteiger partial charge in [-0.05, 0) is 19.3 Å². The molecule has 0 aromatic carbocycles. The molecule has 174 valence electrons. The van der Waals surface area contributed by atoms with Crippen LogP contribution in [0.2, 0.25) is 0 Å². The Morgan fingerprint density at radius 1 is 1.26 bits per heavy atom. The lowest BCUT2D eigenvalue weighted by atomic mass is 10.0.